The van der Waals surface area contributed by atoms with Gasteiger partial charge in [-0.15, -0.1) is 12.4 Å². The van der Waals surface area contributed by atoms with Crippen molar-refractivity contribution in [3.8, 4) is 0 Å². The fourth-order valence-corrected chi connectivity index (χ4v) is 2.10. The molecule has 0 aromatic heterocycles. The summed E-state index contributed by atoms with van der Waals surface area (Å²) in [5.41, 5.74) is 5.33. The van der Waals surface area contributed by atoms with Crippen molar-refractivity contribution in [2.24, 2.45) is 11.7 Å². The Morgan fingerprint density at radius 1 is 1.25 bits per heavy atom. The SMILES string of the molecule is COC(=O)C(N)C1CCN(C(=O)OC(C)(C)C)CC1.Cl. The largest absolute Gasteiger partial charge is 0.468 e. The summed E-state index contributed by atoms with van der Waals surface area (Å²) in [4.78, 5) is 24.9. The second-order valence-electron chi connectivity index (χ2n) is 5.85. The number of carbonyl (C=O) groups is 2. The standard InChI is InChI=1S/C13H24N2O4.ClH/c1-13(2,3)19-12(17)15-7-5-9(6-8-15)10(14)11(16)18-4;/h9-10H,5-8,14H2,1-4H3;1H. The predicted octanol–water partition coefficient (Wildman–Crippen LogP) is 1.56. The molecule has 0 spiro atoms. The number of rotatable bonds is 2. The lowest BCUT2D eigenvalue weighted by Gasteiger charge is -2.34. The lowest BCUT2D eigenvalue weighted by Crippen LogP contribution is -2.47. The monoisotopic (exact) mass is 308 g/mol. The van der Waals surface area contributed by atoms with E-state index in [9.17, 15) is 9.59 Å². The van der Waals surface area contributed by atoms with Crippen LogP contribution in [0, 0.1) is 5.92 Å². The molecule has 20 heavy (non-hydrogen) atoms. The summed E-state index contributed by atoms with van der Waals surface area (Å²) < 4.78 is 9.94. The van der Waals surface area contributed by atoms with Crippen molar-refractivity contribution in [1.29, 1.82) is 0 Å². The smallest absolute Gasteiger partial charge is 0.410 e. The van der Waals surface area contributed by atoms with E-state index in [1.807, 2.05) is 20.8 Å². The van der Waals surface area contributed by atoms with Gasteiger partial charge in [-0.1, -0.05) is 0 Å². The van der Waals surface area contributed by atoms with Crippen LogP contribution in [0.4, 0.5) is 4.79 Å². The van der Waals surface area contributed by atoms with Crippen molar-refractivity contribution >= 4 is 24.5 Å². The van der Waals surface area contributed by atoms with Gasteiger partial charge in [0.15, 0.2) is 0 Å². The second-order valence-corrected chi connectivity index (χ2v) is 5.85. The molecule has 0 aromatic carbocycles. The number of likely N-dealkylation sites (tertiary alicyclic amines) is 1. The minimum Gasteiger partial charge on any atom is -0.468 e. The third-order valence-corrected chi connectivity index (χ3v) is 3.17. The Hall–Kier alpha value is -1.01. The Bertz CT molecular complexity index is 336. The normalized spacial score (nSPS) is 17.9. The molecule has 0 aliphatic carbocycles. The Morgan fingerprint density at radius 3 is 2.15 bits per heavy atom. The first-order chi connectivity index (χ1) is 8.74. The molecule has 2 N–H and O–H groups in total. The summed E-state index contributed by atoms with van der Waals surface area (Å²) in [7, 11) is 1.33. The Kier molecular flexibility index (Phi) is 7.30. The van der Waals surface area contributed by atoms with Crippen LogP contribution in [0.3, 0.4) is 0 Å². The van der Waals surface area contributed by atoms with Crippen molar-refractivity contribution in [3.63, 3.8) is 0 Å². The third-order valence-electron chi connectivity index (χ3n) is 3.17. The fourth-order valence-electron chi connectivity index (χ4n) is 2.10. The van der Waals surface area contributed by atoms with Gasteiger partial charge in [-0.2, -0.15) is 0 Å². The lowest BCUT2D eigenvalue weighted by molar-refractivity contribution is -0.143. The molecule has 0 radical (unpaired) electrons. The molecule has 1 amide bonds. The molecule has 118 valence electrons. The molecule has 7 heteroatoms. The summed E-state index contributed by atoms with van der Waals surface area (Å²) in [6.07, 6.45) is 1.07. The third kappa shape index (κ3) is 5.54. The predicted molar refractivity (Wildman–Crippen MR) is 77.8 cm³/mol. The number of halogens is 1. The summed E-state index contributed by atoms with van der Waals surface area (Å²) in [6, 6.07) is -0.606. The van der Waals surface area contributed by atoms with Gasteiger partial charge in [-0.05, 0) is 39.5 Å². The zero-order valence-corrected chi connectivity index (χ0v) is 13.4. The van der Waals surface area contributed by atoms with E-state index in [1.165, 1.54) is 7.11 Å². The highest BCUT2D eigenvalue weighted by atomic mass is 35.5. The maximum Gasteiger partial charge on any atom is 0.410 e. The highest BCUT2D eigenvalue weighted by molar-refractivity contribution is 5.85. The van der Waals surface area contributed by atoms with Gasteiger partial charge in [-0.25, -0.2) is 4.79 Å². The molecule has 1 rings (SSSR count). The molecule has 0 aromatic rings. The molecular formula is C13H25ClN2O4. The quantitative estimate of drug-likeness (QED) is 0.783. The lowest BCUT2D eigenvalue weighted by atomic mass is 9.90. The number of amides is 1. The van der Waals surface area contributed by atoms with E-state index >= 15 is 0 Å². The number of piperidine rings is 1. The van der Waals surface area contributed by atoms with Crippen LogP contribution in [-0.4, -0.2) is 48.8 Å². The Labute approximate surface area is 126 Å². The highest BCUT2D eigenvalue weighted by Crippen LogP contribution is 2.22. The zero-order chi connectivity index (χ0) is 14.6. The van der Waals surface area contributed by atoms with Crippen LogP contribution in [0.5, 0.6) is 0 Å². The molecule has 6 nitrogen and oxygen atoms in total. The number of hydrogen-bond acceptors (Lipinski definition) is 5. The molecule has 0 bridgehead atoms. The van der Waals surface area contributed by atoms with E-state index in [0.717, 1.165) is 0 Å². The van der Waals surface area contributed by atoms with Crippen molar-refractivity contribution in [1.82, 2.24) is 4.90 Å². The van der Waals surface area contributed by atoms with Crippen LogP contribution < -0.4 is 5.73 Å². The number of carbonyl (C=O) groups excluding carboxylic acids is 2. The van der Waals surface area contributed by atoms with Gasteiger partial charge < -0.3 is 20.1 Å². The Morgan fingerprint density at radius 2 is 1.75 bits per heavy atom. The molecule has 1 aliphatic heterocycles. The van der Waals surface area contributed by atoms with Gasteiger partial charge in [0.05, 0.1) is 7.11 Å². The second kappa shape index (κ2) is 7.69. The molecule has 1 atom stereocenters. The number of nitrogens with two attached hydrogens (primary N) is 1. The molecule has 1 fully saturated rings. The van der Waals surface area contributed by atoms with Crippen molar-refractivity contribution in [3.05, 3.63) is 0 Å². The number of esters is 1. The van der Waals surface area contributed by atoms with Crippen molar-refractivity contribution in [2.45, 2.75) is 45.3 Å². The summed E-state index contributed by atoms with van der Waals surface area (Å²) >= 11 is 0. The molecule has 1 heterocycles. The van der Waals surface area contributed by atoms with Gasteiger partial charge in [0.25, 0.3) is 0 Å². The van der Waals surface area contributed by atoms with Gasteiger partial charge in [0.1, 0.15) is 11.6 Å². The maximum atomic E-state index is 11.9. The van der Waals surface area contributed by atoms with E-state index in [2.05, 4.69) is 4.74 Å². The number of ether oxygens (including phenoxy) is 2. The highest BCUT2D eigenvalue weighted by Gasteiger charge is 2.32. The fraction of sp³-hybridized carbons (Fsp3) is 0.846. The number of nitrogens with zero attached hydrogens (tertiary/aromatic N) is 1. The van der Waals surface area contributed by atoms with Crippen molar-refractivity contribution < 1.29 is 19.1 Å². The molecular weight excluding hydrogens is 284 g/mol. The van der Waals surface area contributed by atoms with Crippen LogP contribution >= 0.6 is 12.4 Å². The first kappa shape index (κ1) is 19.0. The van der Waals surface area contributed by atoms with E-state index in [-0.39, 0.29) is 24.4 Å². The zero-order valence-electron chi connectivity index (χ0n) is 12.5. The summed E-state index contributed by atoms with van der Waals surface area (Å²) in [5.74, 6) is -0.332. The maximum absolute atomic E-state index is 11.9. The van der Waals surface area contributed by atoms with Gasteiger partial charge in [0.2, 0.25) is 0 Å². The van der Waals surface area contributed by atoms with Crippen molar-refractivity contribution in [2.75, 3.05) is 20.2 Å². The van der Waals surface area contributed by atoms with Gasteiger partial charge in [0, 0.05) is 13.1 Å². The number of methoxy groups -OCH3 is 1. The first-order valence-electron chi connectivity index (χ1n) is 6.56. The molecule has 1 saturated heterocycles. The molecule has 1 aliphatic rings. The van der Waals surface area contributed by atoms with E-state index < -0.39 is 17.6 Å². The summed E-state index contributed by atoms with van der Waals surface area (Å²) in [5, 5.41) is 0. The minimum atomic E-state index is -0.606. The summed E-state index contributed by atoms with van der Waals surface area (Å²) in [6.45, 7) is 6.63. The average molecular weight is 309 g/mol. The number of hydrogen-bond donors (Lipinski definition) is 1. The van der Waals surface area contributed by atoms with Crippen LogP contribution in [0.15, 0.2) is 0 Å². The topological polar surface area (TPSA) is 81.9 Å². The molecule has 1 unspecified atom stereocenters. The van der Waals surface area contributed by atoms with Crippen LogP contribution in [0.25, 0.3) is 0 Å². The van der Waals surface area contributed by atoms with E-state index in [0.29, 0.717) is 25.9 Å². The minimum absolute atomic E-state index is 0. The average Bonchev–Trinajstić information content (AvgIpc) is 2.35. The van der Waals surface area contributed by atoms with E-state index in [1.54, 1.807) is 4.90 Å². The van der Waals surface area contributed by atoms with Crippen LogP contribution in [0.1, 0.15) is 33.6 Å². The van der Waals surface area contributed by atoms with E-state index in [4.69, 9.17) is 10.5 Å². The van der Waals surface area contributed by atoms with Crippen LogP contribution in [-0.2, 0) is 14.3 Å². The van der Waals surface area contributed by atoms with Crippen LogP contribution in [0.2, 0.25) is 0 Å². The Balaban J connectivity index is 0.00000361. The first-order valence-corrected chi connectivity index (χ1v) is 6.56. The van der Waals surface area contributed by atoms with Gasteiger partial charge >= 0.3 is 12.1 Å². The molecule has 0 saturated carbocycles. The van der Waals surface area contributed by atoms with Gasteiger partial charge in [-0.3, -0.25) is 4.79 Å².